The minimum absolute atomic E-state index is 0.0751. The number of fused-ring (bicyclic) bond motifs is 1. The fourth-order valence-electron chi connectivity index (χ4n) is 3.02. The number of carbonyl (C=O) groups is 1. The molecule has 0 bridgehead atoms. The summed E-state index contributed by atoms with van der Waals surface area (Å²) in [5, 5.41) is 2.84. The van der Waals surface area contributed by atoms with Crippen LogP contribution in [0, 0.1) is 0 Å². The molecule has 0 unspecified atom stereocenters. The van der Waals surface area contributed by atoms with Crippen LogP contribution >= 0.6 is 0 Å². The normalized spacial score (nSPS) is 11.4. The Kier molecular flexibility index (Phi) is 5.23. The number of aromatic nitrogens is 2. The van der Waals surface area contributed by atoms with Crippen molar-refractivity contribution >= 4 is 22.8 Å². The highest BCUT2D eigenvalue weighted by Crippen LogP contribution is 2.26. The second kappa shape index (κ2) is 7.99. The molecule has 30 heavy (non-hydrogen) atoms. The summed E-state index contributed by atoms with van der Waals surface area (Å²) in [5.74, 6) is 0.868. The van der Waals surface area contributed by atoms with Crippen LogP contribution in [0.25, 0.3) is 22.7 Å². The average Bonchev–Trinajstić information content (AvgIpc) is 3.16. The summed E-state index contributed by atoms with van der Waals surface area (Å²) >= 11 is 0. The number of pyridine rings is 1. The van der Waals surface area contributed by atoms with Crippen molar-refractivity contribution in [1.29, 1.82) is 0 Å². The fourth-order valence-corrected chi connectivity index (χ4v) is 3.02. The van der Waals surface area contributed by atoms with Crippen LogP contribution in [0.5, 0.6) is 5.75 Å². The van der Waals surface area contributed by atoms with E-state index in [-0.39, 0.29) is 17.9 Å². The number of benzene rings is 2. The maximum Gasteiger partial charge on any atom is 0.262 e. The third-order valence-electron chi connectivity index (χ3n) is 4.65. The molecule has 0 saturated carbocycles. The molecule has 0 saturated heterocycles. The topological polar surface area (TPSA) is 77.2 Å². The van der Waals surface area contributed by atoms with Gasteiger partial charge in [-0.2, -0.15) is 4.98 Å². The molecule has 1 N–H and O–H groups in total. The second-order valence-corrected chi connectivity index (χ2v) is 8.04. The van der Waals surface area contributed by atoms with Gasteiger partial charge in [0.1, 0.15) is 5.75 Å². The van der Waals surface area contributed by atoms with E-state index in [0.29, 0.717) is 28.6 Å². The van der Waals surface area contributed by atoms with Gasteiger partial charge in [-0.3, -0.25) is 4.79 Å². The molecule has 2 heterocycles. The molecule has 0 aliphatic carbocycles. The monoisotopic (exact) mass is 401 g/mol. The Balaban J connectivity index is 1.39. The first kappa shape index (κ1) is 19.6. The summed E-state index contributed by atoms with van der Waals surface area (Å²) in [4.78, 5) is 20.9. The van der Waals surface area contributed by atoms with Crippen LogP contribution < -0.4 is 10.1 Å². The molecule has 0 radical (unpaired) electrons. The van der Waals surface area contributed by atoms with Crippen LogP contribution in [0.1, 0.15) is 26.3 Å². The highest BCUT2D eigenvalue weighted by molar-refractivity contribution is 5.92. The van der Waals surface area contributed by atoms with E-state index in [1.165, 1.54) is 5.56 Å². The molecule has 6 heteroatoms. The molecule has 0 aliphatic rings. The predicted octanol–water partition coefficient (Wildman–Crippen LogP) is 5.20. The molecule has 4 rings (SSSR count). The quantitative estimate of drug-likeness (QED) is 0.497. The molecule has 1 amide bonds. The number of amides is 1. The Labute approximate surface area is 174 Å². The third-order valence-corrected chi connectivity index (χ3v) is 4.65. The molecule has 2 aromatic carbocycles. The van der Waals surface area contributed by atoms with E-state index in [4.69, 9.17) is 9.15 Å². The molecule has 4 aromatic rings. The number of oxazole rings is 1. The van der Waals surface area contributed by atoms with Crippen LogP contribution in [-0.4, -0.2) is 22.5 Å². The molecule has 2 aromatic heterocycles. The largest absolute Gasteiger partial charge is 0.484 e. The van der Waals surface area contributed by atoms with Crippen LogP contribution in [0.3, 0.4) is 0 Å². The first-order valence-electron chi connectivity index (χ1n) is 9.74. The number of carbonyl (C=O) groups excluding carboxylic acids is 1. The number of hydrogen-bond acceptors (Lipinski definition) is 5. The van der Waals surface area contributed by atoms with Gasteiger partial charge in [-0.25, -0.2) is 4.98 Å². The van der Waals surface area contributed by atoms with Crippen molar-refractivity contribution < 1.29 is 13.9 Å². The van der Waals surface area contributed by atoms with Gasteiger partial charge in [0.05, 0.1) is 0 Å². The van der Waals surface area contributed by atoms with E-state index in [0.717, 1.165) is 5.56 Å². The van der Waals surface area contributed by atoms with Crippen LogP contribution in [0.15, 0.2) is 71.3 Å². The van der Waals surface area contributed by atoms with Crippen molar-refractivity contribution in [2.45, 2.75) is 26.2 Å². The Morgan fingerprint density at radius 1 is 1.07 bits per heavy atom. The van der Waals surface area contributed by atoms with Crippen molar-refractivity contribution in [2.75, 3.05) is 11.9 Å². The van der Waals surface area contributed by atoms with Gasteiger partial charge in [-0.15, -0.1) is 0 Å². The van der Waals surface area contributed by atoms with Crippen LogP contribution in [0.4, 0.5) is 5.69 Å². The lowest BCUT2D eigenvalue weighted by molar-refractivity contribution is -0.118. The Morgan fingerprint density at radius 2 is 1.87 bits per heavy atom. The van der Waals surface area contributed by atoms with Gasteiger partial charge >= 0.3 is 0 Å². The summed E-state index contributed by atoms with van der Waals surface area (Å²) < 4.78 is 11.4. The van der Waals surface area contributed by atoms with Crippen LogP contribution in [0.2, 0.25) is 0 Å². The van der Waals surface area contributed by atoms with Gasteiger partial charge in [-0.05, 0) is 53.4 Å². The zero-order valence-electron chi connectivity index (χ0n) is 17.2. The minimum atomic E-state index is -0.244. The van der Waals surface area contributed by atoms with Crippen molar-refractivity contribution in [3.63, 3.8) is 0 Å². The van der Waals surface area contributed by atoms with Crippen LogP contribution in [-0.2, 0) is 10.2 Å². The molecule has 152 valence electrons. The lowest BCUT2D eigenvalue weighted by Gasteiger charge is -2.19. The lowest BCUT2D eigenvalue weighted by Crippen LogP contribution is -2.20. The number of hydrogen-bond donors (Lipinski definition) is 1. The van der Waals surface area contributed by atoms with E-state index >= 15 is 0 Å². The molecule has 0 spiro atoms. The van der Waals surface area contributed by atoms with Gasteiger partial charge in [0.25, 0.3) is 5.91 Å². The average molecular weight is 401 g/mol. The Hall–Kier alpha value is -3.67. The summed E-state index contributed by atoms with van der Waals surface area (Å²) in [6, 6.07) is 18.7. The second-order valence-electron chi connectivity index (χ2n) is 8.04. The van der Waals surface area contributed by atoms with Gasteiger partial charge in [-0.1, -0.05) is 39.0 Å². The lowest BCUT2D eigenvalue weighted by atomic mass is 9.87. The standard InChI is InChI=1S/C24H23N3O3/c1-24(2,3)17-9-11-19(12-10-17)29-15-21(28)26-18-7-4-6-16(14-18)23-27-22-20(30-23)8-5-13-25-22/h4-14H,15H2,1-3H3,(H,26,28). The maximum atomic E-state index is 12.3. The highest BCUT2D eigenvalue weighted by atomic mass is 16.5. The first-order chi connectivity index (χ1) is 14.4. The van der Waals surface area contributed by atoms with Crippen molar-refractivity contribution in [3.05, 3.63) is 72.4 Å². The van der Waals surface area contributed by atoms with Gasteiger partial charge in [0, 0.05) is 17.4 Å². The van der Waals surface area contributed by atoms with Crippen molar-refractivity contribution in [2.24, 2.45) is 0 Å². The van der Waals surface area contributed by atoms with E-state index in [2.05, 4.69) is 36.1 Å². The molecular weight excluding hydrogens is 378 g/mol. The maximum absolute atomic E-state index is 12.3. The minimum Gasteiger partial charge on any atom is -0.484 e. The summed E-state index contributed by atoms with van der Waals surface area (Å²) in [6.07, 6.45) is 1.67. The zero-order valence-corrected chi connectivity index (χ0v) is 17.2. The van der Waals surface area contributed by atoms with E-state index < -0.39 is 0 Å². The molecule has 0 aliphatic heterocycles. The van der Waals surface area contributed by atoms with E-state index in [1.807, 2.05) is 42.5 Å². The molecule has 6 nitrogen and oxygen atoms in total. The SMILES string of the molecule is CC(C)(C)c1ccc(OCC(=O)Nc2cccc(-c3nc4ncccc4o3)c2)cc1. The third kappa shape index (κ3) is 4.49. The zero-order chi connectivity index (χ0) is 21.1. The smallest absolute Gasteiger partial charge is 0.262 e. The van der Waals surface area contributed by atoms with Crippen molar-refractivity contribution in [3.8, 4) is 17.2 Å². The number of anilines is 1. The van der Waals surface area contributed by atoms with Gasteiger partial charge in [0.15, 0.2) is 17.8 Å². The summed E-state index contributed by atoms with van der Waals surface area (Å²) in [6.45, 7) is 6.39. The van der Waals surface area contributed by atoms with Gasteiger partial charge in [0.2, 0.25) is 5.89 Å². The number of nitrogens with zero attached hydrogens (tertiary/aromatic N) is 2. The summed E-state index contributed by atoms with van der Waals surface area (Å²) in [5.41, 5.74) is 3.85. The molecule has 0 atom stereocenters. The van der Waals surface area contributed by atoms with Crippen molar-refractivity contribution in [1.82, 2.24) is 9.97 Å². The Morgan fingerprint density at radius 3 is 2.60 bits per heavy atom. The summed E-state index contributed by atoms with van der Waals surface area (Å²) in [7, 11) is 0. The first-order valence-corrected chi connectivity index (χ1v) is 9.74. The van der Waals surface area contributed by atoms with Gasteiger partial charge < -0.3 is 14.5 Å². The van der Waals surface area contributed by atoms with E-state index in [9.17, 15) is 4.79 Å². The Bertz CT molecular complexity index is 1140. The number of ether oxygens (including phenoxy) is 1. The number of rotatable bonds is 5. The highest BCUT2D eigenvalue weighted by Gasteiger charge is 2.14. The molecule has 0 fully saturated rings. The van der Waals surface area contributed by atoms with E-state index in [1.54, 1.807) is 24.4 Å². The fraction of sp³-hybridized carbons (Fsp3) is 0.208. The predicted molar refractivity (Wildman–Crippen MR) is 117 cm³/mol. The molecular formula is C24H23N3O3. The number of nitrogens with one attached hydrogen (secondary N) is 1.